The van der Waals surface area contributed by atoms with Gasteiger partial charge in [-0.3, -0.25) is 0 Å². The Balaban J connectivity index is 1.79. The number of anilines is 1. The first-order chi connectivity index (χ1) is 9.15. The third-order valence-corrected chi connectivity index (χ3v) is 3.15. The lowest BCUT2D eigenvalue weighted by atomic mass is 10.1. The Hall–Kier alpha value is -1.74. The second-order valence-corrected chi connectivity index (χ2v) is 5.02. The van der Waals surface area contributed by atoms with E-state index >= 15 is 0 Å². The second kappa shape index (κ2) is 6.43. The molecular weight excluding hydrogens is 236 g/mol. The summed E-state index contributed by atoms with van der Waals surface area (Å²) in [7, 11) is 2.13. The first kappa shape index (κ1) is 13.7. The summed E-state index contributed by atoms with van der Waals surface area (Å²) in [6, 6.07) is 10.5. The molecule has 0 aliphatic carbocycles. The quantitative estimate of drug-likeness (QED) is 0.807. The smallest absolute Gasteiger partial charge is 0.117 e. The fourth-order valence-electron chi connectivity index (χ4n) is 2.17. The van der Waals surface area contributed by atoms with Crippen LogP contribution in [0.4, 0.5) is 5.69 Å². The van der Waals surface area contributed by atoms with E-state index in [1.807, 2.05) is 12.1 Å². The molecular formula is C16H22N2O. The van der Waals surface area contributed by atoms with Crippen molar-refractivity contribution in [1.29, 1.82) is 0 Å². The Morgan fingerprint density at radius 3 is 2.53 bits per heavy atom. The second-order valence-electron chi connectivity index (χ2n) is 5.02. The Labute approximate surface area is 115 Å². The van der Waals surface area contributed by atoms with Crippen LogP contribution in [0.1, 0.15) is 16.9 Å². The molecule has 0 saturated carbocycles. The molecule has 0 bridgehead atoms. The molecule has 2 aromatic rings. The van der Waals surface area contributed by atoms with Gasteiger partial charge in [-0.25, -0.2) is 0 Å². The zero-order valence-electron chi connectivity index (χ0n) is 11.9. The summed E-state index contributed by atoms with van der Waals surface area (Å²) >= 11 is 0. The lowest BCUT2D eigenvalue weighted by Crippen LogP contribution is -2.28. The highest BCUT2D eigenvalue weighted by Crippen LogP contribution is 2.16. The molecule has 3 nitrogen and oxygen atoms in total. The SMILES string of the molecule is Cc1cc(C)cc(N(C)CCNCc2ccco2)c1. The molecule has 1 N–H and O–H groups in total. The first-order valence-corrected chi connectivity index (χ1v) is 6.67. The van der Waals surface area contributed by atoms with E-state index in [-0.39, 0.29) is 0 Å². The summed E-state index contributed by atoms with van der Waals surface area (Å²) in [4.78, 5) is 2.27. The zero-order valence-corrected chi connectivity index (χ0v) is 11.9. The number of nitrogens with zero attached hydrogens (tertiary/aromatic N) is 1. The lowest BCUT2D eigenvalue weighted by molar-refractivity contribution is 0.484. The van der Waals surface area contributed by atoms with Gasteiger partial charge < -0.3 is 14.6 Å². The van der Waals surface area contributed by atoms with Gasteiger partial charge >= 0.3 is 0 Å². The standard InChI is InChI=1S/C16H22N2O/c1-13-9-14(2)11-15(10-13)18(3)7-6-17-12-16-5-4-8-19-16/h4-5,8-11,17H,6-7,12H2,1-3H3. The highest BCUT2D eigenvalue weighted by Gasteiger charge is 2.02. The van der Waals surface area contributed by atoms with Crippen LogP contribution in [0.3, 0.4) is 0 Å². The first-order valence-electron chi connectivity index (χ1n) is 6.67. The molecule has 0 unspecified atom stereocenters. The number of rotatable bonds is 6. The fraction of sp³-hybridized carbons (Fsp3) is 0.375. The normalized spacial score (nSPS) is 10.7. The maximum Gasteiger partial charge on any atom is 0.117 e. The van der Waals surface area contributed by atoms with Gasteiger partial charge in [0.15, 0.2) is 0 Å². The van der Waals surface area contributed by atoms with E-state index in [2.05, 4.69) is 49.3 Å². The summed E-state index contributed by atoms with van der Waals surface area (Å²) in [5, 5.41) is 3.38. The van der Waals surface area contributed by atoms with Crippen LogP contribution in [0.15, 0.2) is 41.0 Å². The van der Waals surface area contributed by atoms with Crippen molar-refractivity contribution in [3.8, 4) is 0 Å². The number of aryl methyl sites for hydroxylation is 2. The van der Waals surface area contributed by atoms with Gasteiger partial charge in [0.25, 0.3) is 0 Å². The topological polar surface area (TPSA) is 28.4 Å². The summed E-state index contributed by atoms with van der Waals surface area (Å²) in [6.45, 7) is 6.97. The van der Waals surface area contributed by atoms with Crippen molar-refractivity contribution in [1.82, 2.24) is 5.32 Å². The van der Waals surface area contributed by atoms with Crippen molar-refractivity contribution >= 4 is 5.69 Å². The highest BCUT2D eigenvalue weighted by molar-refractivity contribution is 5.50. The number of furan rings is 1. The minimum atomic E-state index is 0.785. The van der Waals surface area contributed by atoms with Crippen LogP contribution in [-0.4, -0.2) is 20.1 Å². The molecule has 1 aromatic carbocycles. The molecule has 1 aromatic heterocycles. The molecule has 0 radical (unpaired) electrons. The third kappa shape index (κ3) is 4.14. The van der Waals surface area contributed by atoms with E-state index in [9.17, 15) is 0 Å². The molecule has 19 heavy (non-hydrogen) atoms. The lowest BCUT2D eigenvalue weighted by Gasteiger charge is -2.20. The summed E-state index contributed by atoms with van der Waals surface area (Å²) < 4.78 is 5.28. The van der Waals surface area contributed by atoms with E-state index in [1.165, 1.54) is 16.8 Å². The molecule has 3 heteroatoms. The number of likely N-dealkylation sites (N-methyl/N-ethyl adjacent to an activating group) is 1. The Morgan fingerprint density at radius 2 is 1.89 bits per heavy atom. The van der Waals surface area contributed by atoms with Crippen LogP contribution in [0.5, 0.6) is 0 Å². The number of benzene rings is 1. The summed E-state index contributed by atoms with van der Waals surface area (Å²) in [6.07, 6.45) is 1.71. The largest absolute Gasteiger partial charge is 0.468 e. The molecule has 0 aliphatic heterocycles. The van der Waals surface area contributed by atoms with Crippen molar-refractivity contribution in [3.05, 3.63) is 53.5 Å². The van der Waals surface area contributed by atoms with Crippen LogP contribution < -0.4 is 10.2 Å². The van der Waals surface area contributed by atoms with E-state index in [4.69, 9.17) is 4.42 Å². The zero-order chi connectivity index (χ0) is 13.7. The number of nitrogens with one attached hydrogen (secondary N) is 1. The molecule has 0 aliphatic rings. The van der Waals surface area contributed by atoms with Crippen LogP contribution >= 0.6 is 0 Å². The van der Waals surface area contributed by atoms with Gasteiger partial charge in [-0.1, -0.05) is 6.07 Å². The Kier molecular flexibility index (Phi) is 4.63. The van der Waals surface area contributed by atoms with Crippen molar-refractivity contribution < 1.29 is 4.42 Å². The van der Waals surface area contributed by atoms with E-state index in [0.717, 1.165) is 25.4 Å². The monoisotopic (exact) mass is 258 g/mol. The minimum absolute atomic E-state index is 0.785. The molecule has 102 valence electrons. The van der Waals surface area contributed by atoms with Gasteiger partial charge in [0.1, 0.15) is 5.76 Å². The molecule has 0 saturated heterocycles. The molecule has 0 spiro atoms. The van der Waals surface area contributed by atoms with Crippen LogP contribution in [0, 0.1) is 13.8 Å². The Bertz CT molecular complexity index is 485. The van der Waals surface area contributed by atoms with Gasteiger partial charge in [0, 0.05) is 25.8 Å². The number of hydrogen-bond donors (Lipinski definition) is 1. The van der Waals surface area contributed by atoms with E-state index in [1.54, 1.807) is 6.26 Å². The van der Waals surface area contributed by atoms with E-state index in [0.29, 0.717) is 0 Å². The predicted octanol–water partition coefficient (Wildman–Crippen LogP) is 3.12. The van der Waals surface area contributed by atoms with Crippen LogP contribution in [0.25, 0.3) is 0 Å². The van der Waals surface area contributed by atoms with Crippen molar-refractivity contribution in [2.75, 3.05) is 25.0 Å². The van der Waals surface area contributed by atoms with Crippen molar-refractivity contribution in [2.24, 2.45) is 0 Å². The van der Waals surface area contributed by atoms with Crippen LogP contribution in [-0.2, 0) is 6.54 Å². The number of hydrogen-bond acceptors (Lipinski definition) is 3. The maximum absolute atomic E-state index is 5.28. The molecule has 2 rings (SSSR count). The fourth-order valence-corrected chi connectivity index (χ4v) is 2.17. The molecule has 0 atom stereocenters. The molecule has 0 amide bonds. The van der Waals surface area contributed by atoms with Crippen molar-refractivity contribution in [2.45, 2.75) is 20.4 Å². The van der Waals surface area contributed by atoms with Gasteiger partial charge in [0.05, 0.1) is 12.8 Å². The average Bonchev–Trinajstić information content (AvgIpc) is 2.86. The minimum Gasteiger partial charge on any atom is -0.468 e. The maximum atomic E-state index is 5.28. The summed E-state index contributed by atoms with van der Waals surface area (Å²) in [5.74, 6) is 0.981. The van der Waals surface area contributed by atoms with Gasteiger partial charge in [-0.2, -0.15) is 0 Å². The average molecular weight is 258 g/mol. The third-order valence-electron chi connectivity index (χ3n) is 3.15. The van der Waals surface area contributed by atoms with E-state index < -0.39 is 0 Å². The highest BCUT2D eigenvalue weighted by atomic mass is 16.3. The van der Waals surface area contributed by atoms with Gasteiger partial charge in [0.2, 0.25) is 0 Å². The van der Waals surface area contributed by atoms with Crippen LogP contribution in [0.2, 0.25) is 0 Å². The Morgan fingerprint density at radius 1 is 1.16 bits per heavy atom. The molecule has 1 heterocycles. The predicted molar refractivity (Wildman–Crippen MR) is 79.6 cm³/mol. The summed E-state index contributed by atoms with van der Waals surface area (Å²) in [5.41, 5.74) is 3.90. The van der Waals surface area contributed by atoms with Crippen molar-refractivity contribution in [3.63, 3.8) is 0 Å². The van der Waals surface area contributed by atoms with Gasteiger partial charge in [-0.15, -0.1) is 0 Å². The van der Waals surface area contributed by atoms with Gasteiger partial charge in [-0.05, 0) is 49.2 Å². The molecule has 0 fully saturated rings.